The minimum Gasteiger partial charge on any atom is -0.395 e. The first-order chi connectivity index (χ1) is 18.2. The number of rotatable bonds is 10. The van der Waals surface area contributed by atoms with Gasteiger partial charge < -0.3 is 25.6 Å². The van der Waals surface area contributed by atoms with Gasteiger partial charge >= 0.3 is 7.82 Å². The molecule has 0 atom stereocenters. The molecular formula is C23H32N7O6PS. The molecule has 15 heteroatoms. The highest BCUT2D eigenvalue weighted by Crippen LogP contribution is 2.36. The predicted octanol–water partition coefficient (Wildman–Crippen LogP) is 3.05. The summed E-state index contributed by atoms with van der Waals surface area (Å²) >= 11 is 1.21. The number of carbonyl (C=O) groups excluding carboxylic acids is 1. The smallest absolute Gasteiger partial charge is 0.395 e. The second-order valence-electron chi connectivity index (χ2n) is 7.81. The van der Waals surface area contributed by atoms with Crippen LogP contribution in [-0.4, -0.2) is 60.9 Å². The number of aliphatic imine (C=N–C) groups is 1. The Hall–Kier alpha value is -3.26. The van der Waals surface area contributed by atoms with Gasteiger partial charge in [0.05, 0.1) is 35.4 Å². The molecule has 1 aliphatic carbocycles. The zero-order chi connectivity index (χ0) is 27.7. The number of allylic oxidation sites excluding steroid dienone is 1. The van der Waals surface area contributed by atoms with Crippen molar-refractivity contribution in [2.75, 3.05) is 7.11 Å². The fraction of sp³-hybridized carbons (Fsp3) is 0.348. The van der Waals surface area contributed by atoms with Gasteiger partial charge in [-0.2, -0.15) is 5.10 Å². The van der Waals surface area contributed by atoms with Gasteiger partial charge in [-0.25, -0.2) is 14.2 Å². The molecule has 0 radical (unpaired) electrons. The highest BCUT2D eigenvalue weighted by atomic mass is 32.1. The number of pyridine rings is 1. The number of nitrogens with zero attached hydrogens (tertiary/aromatic N) is 5. The van der Waals surface area contributed by atoms with E-state index in [-0.39, 0.29) is 25.0 Å². The molecule has 3 aromatic heterocycles. The fourth-order valence-corrected chi connectivity index (χ4v) is 4.28. The summed E-state index contributed by atoms with van der Waals surface area (Å²) in [6, 6.07) is 5.36. The van der Waals surface area contributed by atoms with E-state index in [0.717, 1.165) is 12.8 Å². The van der Waals surface area contributed by atoms with E-state index in [4.69, 9.17) is 20.3 Å². The summed E-state index contributed by atoms with van der Waals surface area (Å²) < 4.78 is 21.8. The molecule has 1 saturated carbocycles. The lowest BCUT2D eigenvalue weighted by Crippen LogP contribution is -2.34. The minimum atomic E-state index is -4.63. The van der Waals surface area contributed by atoms with E-state index >= 15 is 0 Å². The molecule has 1 fully saturated rings. The number of phosphoric ester groups is 1. The van der Waals surface area contributed by atoms with Crippen LogP contribution in [0.25, 0.3) is 16.3 Å². The molecule has 4 rings (SSSR count). The molecule has 1 aliphatic rings. The standard InChI is InChI=1S/C21H24N7O6PS.C2H6.H2/c1-33-15-6-14(7-15)24-9-17(19(22)16-4-2-3-5-23-16)26-20(29)18-11-36-21(27-18)13-8-25-28(10-13)12-34-35(30,31)32;1-2;/h2-5,8-11,14-15H,6-7,12,22H2,1H3,(H,26,29)(H2,30,31,32);1-2H3;1H/b19-17+,24-9?;;. The maximum atomic E-state index is 13.0. The van der Waals surface area contributed by atoms with Crippen LogP contribution >= 0.6 is 19.2 Å². The Balaban J connectivity index is 0.00000174. The average Bonchev–Trinajstić information content (AvgIpc) is 3.57. The summed E-state index contributed by atoms with van der Waals surface area (Å²) in [4.78, 5) is 43.8. The molecule has 3 aromatic rings. The van der Waals surface area contributed by atoms with E-state index < -0.39 is 20.5 Å². The van der Waals surface area contributed by atoms with Crippen molar-refractivity contribution in [2.24, 2.45) is 10.7 Å². The first-order valence-electron chi connectivity index (χ1n) is 11.7. The first kappa shape index (κ1) is 29.3. The van der Waals surface area contributed by atoms with E-state index in [9.17, 15) is 9.36 Å². The Labute approximate surface area is 225 Å². The summed E-state index contributed by atoms with van der Waals surface area (Å²) in [5, 5.41) is 8.82. The molecule has 0 unspecified atom stereocenters. The van der Waals surface area contributed by atoms with Crippen molar-refractivity contribution >= 4 is 37.0 Å². The van der Waals surface area contributed by atoms with Gasteiger partial charge in [-0.15, -0.1) is 11.3 Å². The number of ether oxygens (including phenoxy) is 1. The fourth-order valence-electron chi connectivity index (χ4n) is 3.24. The predicted molar refractivity (Wildman–Crippen MR) is 145 cm³/mol. The van der Waals surface area contributed by atoms with Crippen LogP contribution in [0, 0.1) is 0 Å². The Bertz CT molecular complexity index is 1320. The van der Waals surface area contributed by atoms with Crippen molar-refractivity contribution in [1.82, 2.24) is 25.1 Å². The second-order valence-corrected chi connectivity index (χ2v) is 9.91. The molecule has 3 heterocycles. The zero-order valence-electron chi connectivity index (χ0n) is 21.1. The monoisotopic (exact) mass is 565 g/mol. The lowest BCUT2D eigenvalue weighted by molar-refractivity contribution is 0.0286. The van der Waals surface area contributed by atoms with E-state index in [1.807, 2.05) is 13.8 Å². The summed E-state index contributed by atoms with van der Waals surface area (Å²) in [6.07, 6.45) is 7.86. The van der Waals surface area contributed by atoms with Crippen molar-refractivity contribution in [3.63, 3.8) is 0 Å². The molecule has 0 aliphatic heterocycles. The van der Waals surface area contributed by atoms with Crippen LogP contribution in [0.1, 0.15) is 44.3 Å². The van der Waals surface area contributed by atoms with Gasteiger partial charge in [0.25, 0.3) is 5.91 Å². The number of thiazole rings is 1. The topological polar surface area (TPSA) is 187 Å². The van der Waals surface area contributed by atoms with Gasteiger partial charge in [-0.3, -0.25) is 19.3 Å². The zero-order valence-corrected chi connectivity index (χ0v) is 22.8. The van der Waals surface area contributed by atoms with Gasteiger partial charge in [0.2, 0.25) is 0 Å². The molecule has 0 saturated heterocycles. The third-order valence-corrected chi connectivity index (χ3v) is 6.62. The quantitative estimate of drug-likeness (QED) is 0.210. The highest BCUT2D eigenvalue weighted by molar-refractivity contribution is 7.46. The number of nitrogens with one attached hydrogen (secondary N) is 1. The van der Waals surface area contributed by atoms with Gasteiger partial charge in [0, 0.05) is 38.1 Å². The SMILES string of the molecule is CC.COC1CC(N=C/C(NC(=O)c2csc(-c3cnn(COP(=O)(O)O)c3)n2)=C(\N)c2ccccn2)C1.[HH]. The van der Waals surface area contributed by atoms with Crippen molar-refractivity contribution in [3.05, 3.63) is 59.3 Å². The normalized spacial score (nSPS) is 17.8. The van der Waals surface area contributed by atoms with Crippen LogP contribution in [0.15, 0.2) is 52.9 Å². The average molecular weight is 566 g/mol. The summed E-state index contributed by atoms with van der Waals surface area (Å²) in [6.45, 7) is 3.56. The molecular weight excluding hydrogens is 533 g/mol. The number of phosphoric acid groups is 1. The number of hydrogen-bond acceptors (Lipinski definition) is 10. The molecule has 0 aromatic carbocycles. The lowest BCUT2D eigenvalue weighted by Gasteiger charge is -2.31. The van der Waals surface area contributed by atoms with Gasteiger partial charge in [-0.1, -0.05) is 19.9 Å². The number of aromatic nitrogens is 4. The van der Waals surface area contributed by atoms with E-state index in [1.54, 1.807) is 36.9 Å². The molecule has 0 spiro atoms. The van der Waals surface area contributed by atoms with E-state index in [2.05, 4.69) is 29.9 Å². The summed E-state index contributed by atoms with van der Waals surface area (Å²) in [7, 11) is -2.96. The van der Waals surface area contributed by atoms with Crippen LogP contribution in [-0.2, 0) is 20.6 Å². The lowest BCUT2D eigenvalue weighted by atomic mass is 9.90. The Morgan fingerprint density at radius 3 is 2.79 bits per heavy atom. The largest absolute Gasteiger partial charge is 0.471 e. The first-order valence-corrected chi connectivity index (χ1v) is 14.1. The Morgan fingerprint density at radius 1 is 1.37 bits per heavy atom. The van der Waals surface area contributed by atoms with Gasteiger partial charge in [0.15, 0.2) is 6.73 Å². The van der Waals surface area contributed by atoms with Crippen molar-refractivity contribution in [3.8, 4) is 10.6 Å². The van der Waals surface area contributed by atoms with Gasteiger partial charge in [0.1, 0.15) is 10.7 Å². The second kappa shape index (κ2) is 13.5. The molecule has 13 nitrogen and oxygen atoms in total. The van der Waals surface area contributed by atoms with Crippen LogP contribution in [0.3, 0.4) is 0 Å². The van der Waals surface area contributed by atoms with Crippen molar-refractivity contribution in [1.29, 1.82) is 0 Å². The van der Waals surface area contributed by atoms with Crippen LogP contribution in [0.5, 0.6) is 0 Å². The minimum absolute atomic E-state index is 0. The maximum absolute atomic E-state index is 13.0. The van der Waals surface area contributed by atoms with Crippen LogP contribution in [0.4, 0.5) is 0 Å². The molecule has 206 valence electrons. The van der Waals surface area contributed by atoms with Crippen LogP contribution < -0.4 is 11.1 Å². The number of methoxy groups -OCH3 is 1. The Morgan fingerprint density at radius 2 is 2.13 bits per heavy atom. The van der Waals surface area contributed by atoms with Crippen molar-refractivity contribution in [2.45, 2.75) is 45.6 Å². The molecule has 5 N–H and O–H groups in total. The molecule has 38 heavy (non-hydrogen) atoms. The highest BCUT2D eigenvalue weighted by Gasteiger charge is 2.28. The third kappa shape index (κ3) is 8.12. The van der Waals surface area contributed by atoms with Crippen molar-refractivity contribution < 1.29 is 29.8 Å². The van der Waals surface area contributed by atoms with Gasteiger partial charge in [-0.05, 0) is 25.0 Å². The maximum Gasteiger partial charge on any atom is 0.471 e. The summed E-state index contributed by atoms with van der Waals surface area (Å²) in [5.74, 6) is -0.488. The number of carbonyl (C=O) groups is 1. The number of hydrogen-bond donors (Lipinski definition) is 4. The Kier molecular flexibility index (Phi) is 10.4. The number of nitrogens with two attached hydrogens (primary N) is 1. The summed E-state index contributed by atoms with van der Waals surface area (Å²) in [5.41, 5.74) is 8.07. The van der Waals surface area contributed by atoms with E-state index in [1.165, 1.54) is 34.6 Å². The van der Waals surface area contributed by atoms with Crippen LogP contribution in [0.2, 0.25) is 0 Å². The molecule has 1 amide bonds. The third-order valence-electron chi connectivity index (χ3n) is 5.27. The number of amides is 1. The molecule has 0 bridgehead atoms. The van der Waals surface area contributed by atoms with E-state index in [0.29, 0.717) is 22.0 Å².